The number of ether oxygens (including phenoxy) is 1. The van der Waals surface area contributed by atoms with E-state index in [-0.39, 0.29) is 11.6 Å². The van der Waals surface area contributed by atoms with E-state index < -0.39 is 0 Å². The molecule has 6 heteroatoms. The summed E-state index contributed by atoms with van der Waals surface area (Å²) in [6.07, 6.45) is 0. The highest BCUT2D eigenvalue weighted by Crippen LogP contribution is 2.26. The standard InChI is InChI=1S/C13H14ClN3O2/c1-8-7-19-5-4-17(8)11-6-10(14)9-2-3-12(18)16-13(9)15-11/h2-3,6,8H,4-5,7H2,1H3,(H,15,16,18)/t8-/m0/s1. The number of anilines is 1. The number of fused-ring (bicyclic) bond motifs is 1. The van der Waals surface area contributed by atoms with Crippen molar-refractivity contribution in [2.75, 3.05) is 24.7 Å². The second-order valence-electron chi connectivity index (χ2n) is 4.66. The van der Waals surface area contributed by atoms with Crippen molar-refractivity contribution in [2.24, 2.45) is 0 Å². The zero-order valence-corrected chi connectivity index (χ0v) is 11.3. The molecule has 1 N–H and O–H groups in total. The van der Waals surface area contributed by atoms with E-state index in [2.05, 4.69) is 21.8 Å². The molecule has 0 aromatic carbocycles. The van der Waals surface area contributed by atoms with Crippen molar-refractivity contribution in [3.8, 4) is 0 Å². The van der Waals surface area contributed by atoms with Gasteiger partial charge in [0.05, 0.1) is 24.3 Å². The summed E-state index contributed by atoms with van der Waals surface area (Å²) in [5.74, 6) is 0.773. The minimum Gasteiger partial charge on any atom is -0.377 e. The zero-order valence-electron chi connectivity index (χ0n) is 10.5. The summed E-state index contributed by atoms with van der Waals surface area (Å²) in [6, 6.07) is 5.22. The van der Waals surface area contributed by atoms with Crippen LogP contribution in [-0.4, -0.2) is 35.8 Å². The molecule has 2 aromatic heterocycles. The predicted molar refractivity (Wildman–Crippen MR) is 75.0 cm³/mol. The second-order valence-corrected chi connectivity index (χ2v) is 5.07. The molecule has 1 atom stereocenters. The van der Waals surface area contributed by atoms with Gasteiger partial charge in [-0.1, -0.05) is 11.6 Å². The monoisotopic (exact) mass is 279 g/mol. The highest BCUT2D eigenvalue weighted by Gasteiger charge is 2.21. The Balaban J connectivity index is 2.11. The lowest BCUT2D eigenvalue weighted by Crippen LogP contribution is -2.44. The van der Waals surface area contributed by atoms with Crippen LogP contribution in [-0.2, 0) is 4.74 Å². The maximum absolute atomic E-state index is 11.4. The van der Waals surface area contributed by atoms with Gasteiger partial charge >= 0.3 is 0 Å². The van der Waals surface area contributed by atoms with E-state index in [9.17, 15) is 4.79 Å². The van der Waals surface area contributed by atoms with Gasteiger partial charge in [0, 0.05) is 24.1 Å². The summed E-state index contributed by atoms with van der Waals surface area (Å²) < 4.78 is 5.41. The first kappa shape index (κ1) is 12.4. The van der Waals surface area contributed by atoms with Crippen LogP contribution in [0, 0.1) is 0 Å². The van der Waals surface area contributed by atoms with E-state index >= 15 is 0 Å². The molecule has 5 nitrogen and oxygen atoms in total. The quantitative estimate of drug-likeness (QED) is 0.865. The molecule has 0 spiro atoms. The van der Waals surface area contributed by atoms with Crippen molar-refractivity contribution >= 4 is 28.5 Å². The number of nitrogens with one attached hydrogen (secondary N) is 1. The molecule has 3 rings (SSSR count). The number of aromatic amines is 1. The largest absolute Gasteiger partial charge is 0.377 e. The number of rotatable bonds is 1. The number of hydrogen-bond donors (Lipinski definition) is 1. The number of H-pyrrole nitrogens is 1. The minimum atomic E-state index is -0.178. The van der Waals surface area contributed by atoms with Gasteiger partial charge in [-0.3, -0.25) is 4.79 Å². The molecule has 1 aliphatic rings. The van der Waals surface area contributed by atoms with Crippen LogP contribution < -0.4 is 10.5 Å². The lowest BCUT2D eigenvalue weighted by atomic mass is 10.2. The van der Waals surface area contributed by atoms with E-state index in [0.29, 0.717) is 23.9 Å². The van der Waals surface area contributed by atoms with Gasteiger partial charge < -0.3 is 14.6 Å². The van der Waals surface area contributed by atoms with Crippen molar-refractivity contribution in [3.05, 3.63) is 33.6 Å². The van der Waals surface area contributed by atoms with Crippen LogP contribution >= 0.6 is 11.6 Å². The summed E-state index contributed by atoms with van der Waals surface area (Å²) in [5.41, 5.74) is 0.344. The number of nitrogens with zero attached hydrogens (tertiary/aromatic N) is 2. The third-order valence-electron chi connectivity index (χ3n) is 3.30. The summed E-state index contributed by atoms with van der Waals surface area (Å²) in [4.78, 5) is 20.7. The molecule has 1 saturated heterocycles. The molecule has 1 aliphatic heterocycles. The Labute approximate surface area is 115 Å². The normalized spacial score (nSPS) is 19.9. The molecule has 19 heavy (non-hydrogen) atoms. The van der Waals surface area contributed by atoms with Crippen molar-refractivity contribution in [1.29, 1.82) is 0 Å². The second kappa shape index (κ2) is 4.83. The van der Waals surface area contributed by atoms with E-state index in [1.54, 1.807) is 6.07 Å². The molecular weight excluding hydrogens is 266 g/mol. The van der Waals surface area contributed by atoms with Gasteiger partial charge in [0.2, 0.25) is 5.56 Å². The minimum absolute atomic E-state index is 0.178. The Kier molecular flexibility index (Phi) is 3.16. The number of aromatic nitrogens is 2. The van der Waals surface area contributed by atoms with Gasteiger partial charge in [0.25, 0.3) is 0 Å². The van der Waals surface area contributed by atoms with Crippen LogP contribution in [0.3, 0.4) is 0 Å². The summed E-state index contributed by atoms with van der Waals surface area (Å²) >= 11 is 6.26. The van der Waals surface area contributed by atoms with E-state index in [1.807, 2.05) is 6.07 Å². The highest BCUT2D eigenvalue weighted by atomic mass is 35.5. The third-order valence-corrected chi connectivity index (χ3v) is 3.61. The molecule has 0 bridgehead atoms. The first-order valence-electron chi connectivity index (χ1n) is 6.19. The molecule has 2 aromatic rings. The third kappa shape index (κ3) is 2.31. The van der Waals surface area contributed by atoms with Gasteiger partial charge in [0.1, 0.15) is 11.5 Å². The van der Waals surface area contributed by atoms with Crippen LogP contribution in [0.5, 0.6) is 0 Å². The van der Waals surface area contributed by atoms with Crippen LogP contribution in [0.25, 0.3) is 11.0 Å². The predicted octanol–water partition coefficient (Wildman–Crippen LogP) is 1.80. The Hall–Kier alpha value is -1.59. The average molecular weight is 280 g/mol. The Morgan fingerprint density at radius 1 is 1.53 bits per heavy atom. The Morgan fingerprint density at radius 2 is 2.37 bits per heavy atom. The lowest BCUT2D eigenvalue weighted by Gasteiger charge is -2.34. The molecule has 0 aliphatic carbocycles. The Morgan fingerprint density at radius 3 is 3.16 bits per heavy atom. The van der Waals surface area contributed by atoms with E-state index in [1.165, 1.54) is 6.07 Å². The van der Waals surface area contributed by atoms with Gasteiger partial charge in [0.15, 0.2) is 0 Å². The smallest absolute Gasteiger partial charge is 0.249 e. The van der Waals surface area contributed by atoms with Crippen molar-refractivity contribution < 1.29 is 4.74 Å². The maximum atomic E-state index is 11.4. The van der Waals surface area contributed by atoms with Crippen molar-refractivity contribution in [1.82, 2.24) is 9.97 Å². The molecule has 100 valence electrons. The van der Waals surface area contributed by atoms with Crippen LogP contribution in [0.4, 0.5) is 5.82 Å². The van der Waals surface area contributed by atoms with Crippen molar-refractivity contribution in [2.45, 2.75) is 13.0 Å². The first-order chi connectivity index (χ1) is 9.15. The highest BCUT2D eigenvalue weighted by molar-refractivity contribution is 6.35. The molecule has 1 fully saturated rings. The van der Waals surface area contributed by atoms with Crippen molar-refractivity contribution in [3.63, 3.8) is 0 Å². The van der Waals surface area contributed by atoms with Crippen LogP contribution in [0.1, 0.15) is 6.92 Å². The molecular formula is C13H14ClN3O2. The number of morpholine rings is 1. The molecule has 0 unspecified atom stereocenters. The van der Waals surface area contributed by atoms with Gasteiger partial charge in [-0.2, -0.15) is 0 Å². The zero-order chi connectivity index (χ0) is 13.4. The lowest BCUT2D eigenvalue weighted by molar-refractivity contribution is 0.0985. The number of halogens is 1. The van der Waals surface area contributed by atoms with Gasteiger partial charge in [-0.25, -0.2) is 4.98 Å². The van der Waals surface area contributed by atoms with Crippen LogP contribution in [0.15, 0.2) is 23.0 Å². The number of hydrogen-bond acceptors (Lipinski definition) is 4. The fourth-order valence-corrected chi connectivity index (χ4v) is 2.55. The van der Waals surface area contributed by atoms with Gasteiger partial charge in [-0.15, -0.1) is 0 Å². The van der Waals surface area contributed by atoms with Gasteiger partial charge in [-0.05, 0) is 13.0 Å². The SMILES string of the molecule is C[C@H]1COCCN1c1cc(Cl)c2ccc(=O)[nH]c2n1. The first-order valence-corrected chi connectivity index (χ1v) is 6.57. The van der Waals surface area contributed by atoms with Crippen LogP contribution in [0.2, 0.25) is 5.02 Å². The van der Waals surface area contributed by atoms with E-state index in [0.717, 1.165) is 17.7 Å². The molecule has 3 heterocycles. The van der Waals surface area contributed by atoms with E-state index in [4.69, 9.17) is 16.3 Å². The molecule has 0 radical (unpaired) electrons. The average Bonchev–Trinajstić information content (AvgIpc) is 2.38. The number of pyridine rings is 2. The topological polar surface area (TPSA) is 58.2 Å². The Bertz CT molecular complexity index is 670. The summed E-state index contributed by atoms with van der Waals surface area (Å²) in [7, 11) is 0. The maximum Gasteiger partial charge on any atom is 0.249 e. The molecule has 0 saturated carbocycles. The summed E-state index contributed by atoms with van der Waals surface area (Å²) in [5, 5.41) is 1.35. The summed E-state index contributed by atoms with van der Waals surface area (Å²) in [6.45, 7) is 4.19. The fourth-order valence-electron chi connectivity index (χ4n) is 2.30. The molecule has 0 amide bonds. The fraction of sp³-hybridized carbons (Fsp3) is 0.385.